The van der Waals surface area contributed by atoms with Gasteiger partial charge in [-0.2, -0.15) is 0 Å². The molecule has 1 N–H and O–H groups in total. The number of benzene rings is 4. The largest absolute Gasteiger partial charge is 0.353 e. The summed E-state index contributed by atoms with van der Waals surface area (Å²) in [6.45, 7) is 2.24. The van der Waals surface area contributed by atoms with E-state index in [0.29, 0.717) is 0 Å². The normalized spacial score (nSPS) is 13.8. The quantitative estimate of drug-likeness (QED) is 0.290. The molecule has 2 aliphatic rings. The molecule has 0 amide bonds. The Bertz CT molecular complexity index is 1610. The Labute approximate surface area is 197 Å². The zero-order valence-corrected chi connectivity index (χ0v) is 19.1. The van der Waals surface area contributed by atoms with Crippen LogP contribution in [-0.2, 0) is 6.42 Å². The lowest BCUT2D eigenvalue weighted by Gasteiger charge is -2.24. The van der Waals surface area contributed by atoms with Gasteiger partial charge in [-0.1, -0.05) is 65.9 Å². The van der Waals surface area contributed by atoms with Gasteiger partial charge in [0.05, 0.1) is 16.9 Å². The lowest BCUT2D eigenvalue weighted by Crippen LogP contribution is -2.03. The van der Waals surface area contributed by atoms with Gasteiger partial charge >= 0.3 is 0 Å². The van der Waals surface area contributed by atoms with Gasteiger partial charge in [0.15, 0.2) is 0 Å². The average molecular weight is 443 g/mol. The highest BCUT2D eigenvalue weighted by Gasteiger charge is 2.23. The van der Waals surface area contributed by atoms with Gasteiger partial charge in [0, 0.05) is 27.2 Å². The summed E-state index contributed by atoms with van der Waals surface area (Å²) in [7, 11) is 0. The molecule has 33 heavy (non-hydrogen) atoms. The van der Waals surface area contributed by atoms with Crippen molar-refractivity contribution in [3.05, 3.63) is 108 Å². The number of nitrogens with zero attached hydrogens (tertiary/aromatic N) is 1. The van der Waals surface area contributed by atoms with Gasteiger partial charge in [0.25, 0.3) is 0 Å². The van der Waals surface area contributed by atoms with Crippen LogP contribution in [-0.4, -0.2) is 4.57 Å². The van der Waals surface area contributed by atoms with Crippen LogP contribution >= 0.6 is 11.8 Å². The van der Waals surface area contributed by atoms with Gasteiger partial charge in [-0.05, 0) is 77.9 Å². The van der Waals surface area contributed by atoms with Crippen LogP contribution in [0.5, 0.6) is 0 Å². The van der Waals surface area contributed by atoms with E-state index in [9.17, 15) is 0 Å². The van der Waals surface area contributed by atoms with Crippen LogP contribution in [0.15, 0.2) is 106 Å². The van der Waals surface area contributed by atoms with E-state index in [-0.39, 0.29) is 0 Å². The first-order chi connectivity index (χ1) is 16.2. The molecule has 2 nitrogen and oxygen atoms in total. The van der Waals surface area contributed by atoms with Crippen molar-refractivity contribution in [1.82, 2.24) is 4.57 Å². The number of nitrogens with one attached hydrogen (secondary N) is 1. The smallest absolute Gasteiger partial charge is 0.0606 e. The molecule has 0 bridgehead atoms. The predicted octanol–water partition coefficient (Wildman–Crippen LogP) is 8.47. The first-order valence-electron chi connectivity index (χ1n) is 11.3. The Morgan fingerprint density at radius 3 is 2.64 bits per heavy atom. The van der Waals surface area contributed by atoms with Crippen molar-refractivity contribution < 1.29 is 0 Å². The highest BCUT2D eigenvalue weighted by atomic mass is 32.2. The van der Waals surface area contributed by atoms with E-state index in [4.69, 9.17) is 0 Å². The second kappa shape index (κ2) is 7.16. The molecule has 4 aromatic carbocycles. The molecule has 0 spiro atoms. The highest BCUT2D eigenvalue weighted by molar-refractivity contribution is 7.99. The molecule has 0 radical (unpaired) electrons. The molecule has 2 heterocycles. The van der Waals surface area contributed by atoms with Crippen LogP contribution in [0.2, 0.25) is 0 Å². The van der Waals surface area contributed by atoms with Crippen molar-refractivity contribution in [2.75, 3.05) is 5.32 Å². The zero-order valence-electron chi connectivity index (χ0n) is 18.3. The second-order valence-electron chi connectivity index (χ2n) is 8.88. The van der Waals surface area contributed by atoms with Crippen molar-refractivity contribution in [2.45, 2.75) is 23.1 Å². The SMILES string of the molecule is CC1=Cc2c(cc(-n3ccc4ccccc43)cc2-c2cccc3c2Nc2ccccc2S3)C1. The monoisotopic (exact) mass is 442 g/mol. The Hall–Kier alpha value is -3.69. The summed E-state index contributed by atoms with van der Waals surface area (Å²) in [5.41, 5.74) is 11.6. The molecule has 3 heteroatoms. The van der Waals surface area contributed by atoms with E-state index in [2.05, 4.69) is 114 Å². The molecule has 1 aromatic heterocycles. The van der Waals surface area contributed by atoms with Gasteiger partial charge in [0.1, 0.15) is 0 Å². The number of para-hydroxylation sites is 3. The topological polar surface area (TPSA) is 17.0 Å². The maximum Gasteiger partial charge on any atom is 0.0606 e. The second-order valence-corrected chi connectivity index (χ2v) is 9.96. The molecule has 0 unspecified atom stereocenters. The van der Waals surface area contributed by atoms with E-state index >= 15 is 0 Å². The van der Waals surface area contributed by atoms with Crippen LogP contribution in [0.25, 0.3) is 33.8 Å². The molecular formula is C30H22N2S. The molecule has 1 aliphatic carbocycles. The Balaban J connectivity index is 1.45. The lowest BCUT2D eigenvalue weighted by atomic mass is 9.94. The summed E-state index contributed by atoms with van der Waals surface area (Å²) >= 11 is 1.85. The first kappa shape index (κ1) is 18.8. The Kier molecular flexibility index (Phi) is 4.09. The van der Waals surface area contributed by atoms with Crippen molar-refractivity contribution in [3.8, 4) is 16.8 Å². The van der Waals surface area contributed by atoms with Gasteiger partial charge in [0.2, 0.25) is 0 Å². The van der Waals surface area contributed by atoms with Crippen LogP contribution in [0.4, 0.5) is 11.4 Å². The number of anilines is 2. The molecule has 0 fully saturated rings. The highest BCUT2D eigenvalue weighted by Crippen LogP contribution is 2.49. The number of fused-ring (bicyclic) bond motifs is 4. The van der Waals surface area contributed by atoms with E-state index < -0.39 is 0 Å². The van der Waals surface area contributed by atoms with E-state index in [1.54, 1.807) is 0 Å². The summed E-state index contributed by atoms with van der Waals surface area (Å²) in [6.07, 6.45) is 5.57. The first-order valence-corrected chi connectivity index (χ1v) is 12.1. The maximum atomic E-state index is 3.75. The minimum atomic E-state index is 1.01. The number of allylic oxidation sites excluding steroid dienone is 1. The molecule has 7 rings (SSSR count). The standard InChI is InChI=1S/C30H22N2S/c1-19-15-21-17-22(32-14-13-20-7-2-4-10-27(20)32)18-25(24(21)16-19)23-8-6-12-29-30(23)31-26-9-3-5-11-28(26)33-29/h2-14,16-18,31H,15H2,1H3. The van der Waals surface area contributed by atoms with Gasteiger partial charge in [-0.15, -0.1) is 0 Å². The number of rotatable bonds is 2. The van der Waals surface area contributed by atoms with E-state index in [0.717, 1.165) is 6.42 Å². The average Bonchev–Trinajstić information content (AvgIpc) is 3.44. The van der Waals surface area contributed by atoms with E-state index in [1.165, 1.54) is 65.6 Å². The fraction of sp³-hybridized carbons (Fsp3) is 0.0667. The molecule has 0 saturated heterocycles. The summed E-state index contributed by atoms with van der Waals surface area (Å²) in [6, 6.07) is 30.7. The third-order valence-electron chi connectivity index (χ3n) is 6.67. The Morgan fingerprint density at radius 2 is 1.67 bits per heavy atom. The van der Waals surface area contributed by atoms with Crippen LogP contribution < -0.4 is 5.32 Å². The third kappa shape index (κ3) is 2.96. The van der Waals surface area contributed by atoms with Gasteiger partial charge in [-0.25, -0.2) is 0 Å². The zero-order chi connectivity index (χ0) is 21.9. The molecule has 5 aromatic rings. The van der Waals surface area contributed by atoms with Gasteiger partial charge < -0.3 is 9.88 Å². The van der Waals surface area contributed by atoms with Crippen molar-refractivity contribution in [2.24, 2.45) is 0 Å². The van der Waals surface area contributed by atoms with Crippen molar-refractivity contribution >= 4 is 40.1 Å². The molecule has 1 aliphatic heterocycles. The number of hydrogen-bond donors (Lipinski definition) is 1. The summed E-state index contributed by atoms with van der Waals surface area (Å²) in [5, 5.41) is 5.01. The molecule has 0 saturated carbocycles. The van der Waals surface area contributed by atoms with Crippen LogP contribution in [0.3, 0.4) is 0 Å². The number of hydrogen-bond acceptors (Lipinski definition) is 2. The molecular weight excluding hydrogens is 420 g/mol. The van der Waals surface area contributed by atoms with Crippen LogP contribution in [0.1, 0.15) is 18.1 Å². The summed E-state index contributed by atoms with van der Waals surface area (Å²) in [5.74, 6) is 0. The maximum absolute atomic E-state index is 3.75. The minimum Gasteiger partial charge on any atom is -0.353 e. The van der Waals surface area contributed by atoms with Gasteiger partial charge in [-0.3, -0.25) is 0 Å². The molecule has 158 valence electrons. The summed E-state index contributed by atoms with van der Waals surface area (Å²) < 4.78 is 2.32. The van der Waals surface area contributed by atoms with Crippen LogP contribution in [0, 0.1) is 0 Å². The van der Waals surface area contributed by atoms with Crippen molar-refractivity contribution in [3.63, 3.8) is 0 Å². The fourth-order valence-electron chi connectivity index (χ4n) is 5.16. The lowest BCUT2D eigenvalue weighted by molar-refractivity contribution is 1.11. The molecule has 0 atom stereocenters. The third-order valence-corrected chi connectivity index (χ3v) is 7.81. The number of aromatic nitrogens is 1. The Morgan fingerprint density at radius 1 is 0.818 bits per heavy atom. The minimum absolute atomic E-state index is 1.01. The van der Waals surface area contributed by atoms with E-state index in [1.807, 2.05) is 11.8 Å². The van der Waals surface area contributed by atoms with Crippen molar-refractivity contribution in [1.29, 1.82) is 0 Å². The summed E-state index contributed by atoms with van der Waals surface area (Å²) in [4.78, 5) is 2.55. The predicted molar refractivity (Wildman–Crippen MR) is 140 cm³/mol. The fourth-order valence-corrected chi connectivity index (χ4v) is 6.18.